The van der Waals surface area contributed by atoms with E-state index in [1.807, 2.05) is 23.1 Å². The molecule has 1 saturated carbocycles. The van der Waals surface area contributed by atoms with E-state index in [0.717, 1.165) is 25.8 Å². The highest BCUT2D eigenvalue weighted by molar-refractivity contribution is 5.14. The molecule has 16 heavy (non-hydrogen) atoms. The lowest BCUT2D eigenvalue weighted by Gasteiger charge is -2.40. The standard InChI is InChI=1S/C14H20NO/c1-15(11-12-7-3-2-4-8-12)13-9-5-6-10-14(13)16/h2-4,7-8,13-14,16H,1,5-6,9-11H2/q-1/t13-,14-/m1/s1. The molecular weight excluding hydrogens is 198 g/mol. The summed E-state index contributed by atoms with van der Waals surface area (Å²) < 4.78 is 0. The van der Waals surface area contributed by atoms with Crippen LogP contribution in [0.2, 0.25) is 0 Å². The highest BCUT2D eigenvalue weighted by Crippen LogP contribution is 2.23. The zero-order chi connectivity index (χ0) is 11.4. The second kappa shape index (κ2) is 5.46. The van der Waals surface area contributed by atoms with Crippen molar-refractivity contribution in [3.05, 3.63) is 42.9 Å². The first-order valence-electron chi connectivity index (χ1n) is 6.06. The van der Waals surface area contributed by atoms with Crippen LogP contribution >= 0.6 is 0 Å². The second-order valence-electron chi connectivity index (χ2n) is 4.65. The molecule has 0 radical (unpaired) electrons. The van der Waals surface area contributed by atoms with E-state index in [4.69, 9.17) is 0 Å². The monoisotopic (exact) mass is 218 g/mol. The van der Waals surface area contributed by atoms with E-state index in [2.05, 4.69) is 19.2 Å². The second-order valence-corrected chi connectivity index (χ2v) is 4.65. The Hall–Kier alpha value is -0.860. The van der Waals surface area contributed by atoms with Crippen molar-refractivity contribution in [3.8, 4) is 0 Å². The number of nitrogens with zero attached hydrogens (tertiary/aromatic N) is 1. The summed E-state index contributed by atoms with van der Waals surface area (Å²) in [5.41, 5.74) is 1.26. The lowest BCUT2D eigenvalue weighted by Crippen LogP contribution is -2.41. The van der Waals surface area contributed by atoms with E-state index in [1.165, 1.54) is 12.0 Å². The van der Waals surface area contributed by atoms with Gasteiger partial charge < -0.3 is 10.0 Å². The van der Waals surface area contributed by atoms with Crippen LogP contribution < -0.4 is 0 Å². The third-order valence-corrected chi connectivity index (χ3v) is 3.39. The van der Waals surface area contributed by atoms with Crippen molar-refractivity contribution < 1.29 is 5.11 Å². The predicted octanol–water partition coefficient (Wildman–Crippen LogP) is 2.58. The number of rotatable bonds is 3. The quantitative estimate of drug-likeness (QED) is 0.788. The van der Waals surface area contributed by atoms with Gasteiger partial charge in [-0.2, -0.15) is 0 Å². The van der Waals surface area contributed by atoms with Crippen molar-refractivity contribution in [2.24, 2.45) is 0 Å². The first-order chi connectivity index (χ1) is 7.77. The molecule has 0 aromatic heterocycles. The average molecular weight is 218 g/mol. The summed E-state index contributed by atoms with van der Waals surface area (Å²) >= 11 is 0. The van der Waals surface area contributed by atoms with E-state index in [9.17, 15) is 5.11 Å². The Balaban J connectivity index is 1.94. The van der Waals surface area contributed by atoms with Crippen LogP contribution in [0, 0.1) is 7.05 Å². The Labute approximate surface area is 97.9 Å². The van der Waals surface area contributed by atoms with Gasteiger partial charge in [0.2, 0.25) is 0 Å². The van der Waals surface area contributed by atoms with Crippen LogP contribution in [0.15, 0.2) is 30.3 Å². The van der Waals surface area contributed by atoms with E-state index in [-0.39, 0.29) is 12.1 Å². The van der Waals surface area contributed by atoms with Crippen LogP contribution in [0.25, 0.3) is 0 Å². The van der Waals surface area contributed by atoms with E-state index in [1.54, 1.807) is 0 Å². The van der Waals surface area contributed by atoms with Gasteiger partial charge in [-0.25, -0.2) is 0 Å². The molecule has 0 amide bonds. The molecule has 1 aromatic carbocycles. The molecule has 1 N–H and O–H groups in total. The van der Waals surface area contributed by atoms with Crippen molar-refractivity contribution in [1.82, 2.24) is 4.90 Å². The molecule has 2 nitrogen and oxygen atoms in total. The van der Waals surface area contributed by atoms with Gasteiger partial charge in [0.1, 0.15) is 0 Å². The van der Waals surface area contributed by atoms with Gasteiger partial charge in [0.05, 0.1) is 6.10 Å². The molecule has 2 rings (SSSR count). The smallest absolute Gasteiger partial charge is 0.0671 e. The number of benzene rings is 1. The fourth-order valence-corrected chi connectivity index (χ4v) is 2.45. The van der Waals surface area contributed by atoms with Crippen molar-refractivity contribution in [2.75, 3.05) is 0 Å². The molecule has 2 atom stereocenters. The normalized spacial score (nSPS) is 25.9. The lowest BCUT2D eigenvalue weighted by molar-refractivity contribution is 0.0372. The molecule has 1 aromatic rings. The molecule has 88 valence electrons. The minimum atomic E-state index is -0.199. The van der Waals surface area contributed by atoms with Crippen molar-refractivity contribution in [2.45, 2.75) is 44.4 Å². The first-order valence-corrected chi connectivity index (χ1v) is 6.06. The highest BCUT2D eigenvalue weighted by Gasteiger charge is 2.23. The molecule has 0 saturated heterocycles. The molecule has 0 bridgehead atoms. The molecular formula is C14H20NO-. The topological polar surface area (TPSA) is 23.5 Å². The third kappa shape index (κ3) is 2.83. The van der Waals surface area contributed by atoms with E-state index >= 15 is 0 Å². The van der Waals surface area contributed by atoms with Crippen LogP contribution in [0.5, 0.6) is 0 Å². The van der Waals surface area contributed by atoms with Gasteiger partial charge in [-0.3, -0.25) is 7.05 Å². The Morgan fingerprint density at radius 3 is 2.56 bits per heavy atom. The molecule has 1 aliphatic carbocycles. The summed E-state index contributed by atoms with van der Waals surface area (Å²) in [6.45, 7) is 0.822. The van der Waals surface area contributed by atoms with Crippen molar-refractivity contribution in [3.63, 3.8) is 0 Å². The van der Waals surface area contributed by atoms with Gasteiger partial charge in [0.25, 0.3) is 0 Å². The first kappa shape index (κ1) is 11.6. The minimum Gasteiger partial charge on any atom is -0.451 e. The summed E-state index contributed by atoms with van der Waals surface area (Å²) in [6, 6.07) is 10.5. The van der Waals surface area contributed by atoms with Gasteiger partial charge in [-0.1, -0.05) is 43.2 Å². The molecule has 2 heteroatoms. The lowest BCUT2D eigenvalue weighted by atomic mass is 9.91. The number of hydrogen-bond donors (Lipinski definition) is 1. The van der Waals surface area contributed by atoms with E-state index < -0.39 is 0 Å². The SMILES string of the molecule is [CH2-]N(Cc1ccccc1)[C@@H]1CCCC[C@H]1O. The van der Waals surface area contributed by atoms with Crippen LogP contribution in [0.4, 0.5) is 0 Å². The number of aliphatic hydroxyl groups excluding tert-OH is 1. The maximum Gasteiger partial charge on any atom is 0.0671 e. The Kier molecular flexibility index (Phi) is 3.97. The number of aliphatic hydroxyl groups is 1. The Morgan fingerprint density at radius 2 is 1.88 bits per heavy atom. The molecule has 0 heterocycles. The van der Waals surface area contributed by atoms with Gasteiger partial charge in [-0.15, -0.1) is 0 Å². The Bertz CT molecular complexity index is 312. The summed E-state index contributed by atoms with van der Waals surface area (Å²) in [5.74, 6) is 0. The molecule has 1 fully saturated rings. The maximum absolute atomic E-state index is 9.94. The average Bonchev–Trinajstić information content (AvgIpc) is 2.31. The zero-order valence-electron chi connectivity index (χ0n) is 9.68. The third-order valence-electron chi connectivity index (χ3n) is 3.39. The summed E-state index contributed by atoms with van der Waals surface area (Å²) in [6.07, 6.45) is 4.15. The molecule has 0 spiro atoms. The van der Waals surface area contributed by atoms with E-state index in [0.29, 0.717) is 0 Å². The van der Waals surface area contributed by atoms with Crippen LogP contribution in [0.3, 0.4) is 0 Å². The van der Waals surface area contributed by atoms with Gasteiger partial charge in [-0.05, 0) is 24.9 Å². The fraction of sp³-hybridized carbons (Fsp3) is 0.500. The van der Waals surface area contributed by atoms with Gasteiger partial charge >= 0.3 is 0 Å². The predicted molar refractivity (Wildman–Crippen MR) is 65.6 cm³/mol. The number of hydrogen-bond acceptors (Lipinski definition) is 2. The summed E-state index contributed by atoms with van der Waals surface area (Å²) in [4.78, 5) is 2.04. The van der Waals surface area contributed by atoms with Crippen molar-refractivity contribution >= 4 is 0 Å². The van der Waals surface area contributed by atoms with Crippen LogP contribution in [0.1, 0.15) is 31.2 Å². The zero-order valence-corrected chi connectivity index (χ0v) is 9.68. The van der Waals surface area contributed by atoms with Gasteiger partial charge in [0.15, 0.2) is 0 Å². The molecule has 0 unspecified atom stereocenters. The molecule has 0 aliphatic heterocycles. The van der Waals surface area contributed by atoms with Gasteiger partial charge in [0, 0.05) is 6.04 Å². The minimum absolute atomic E-state index is 0.199. The Morgan fingerprint density at radius 1 is 1.19 bits per heavy atom. The summed E-state index contributed by atoms with van der Waals surface area (Å²) in [7, 11) is 4.08. The van der Waals surface area contributed by atoms with Crippen LogP contribution in [-0.2, 0) is 6.54 Å². The highest BCUT2D eigenvalue weighted by atomic mass is 16.3. The summed E-state index contributed by atoms with van der Waals surface area (Å²) in [5, 5.41) is 9.94. The fourth-order valence-electron chi connectivity index (χ4n) is 2.45. The van der Waals surface area contributed by atoms with Crippen LogP contribution in [-0.4, -0.2) is 22.2 Å². The maximum atomic E-state index is 9.94. The molecule has 1 aliphatic rings. The van der Waals surface area contributed by atoms with Crippen molar-refractivity contribution in [1.29, 1.82) is 0 Å². The largest absolute Gasteiger partial charge is 0.451 e.